The van der Waals surface area contributed by atoms with Crippen LogP contribution in [-0.2, 0) is 6.42 Å². The number of nitrogens with zero attached hydrogens (tertiary/aromatic N) is 5. The molecule has 3 aromatic rings. The van der Waals surface area contributed by atoms with Crippen LogP contribution >= 0.6 is 0 Å². The van der Waals surface area contributed by atoms with Crippen LogP contribution in [0.15, 0.2) is 53.2 Å². The highest BCUT2D eigenvalue weighted by Gasteiger charge is 2.29. The average molecular weight is 307 g/mol. The third-order valence-electron chi connectivity index (χ3n) is 4.05. The molecule has 2 aromatic heterocycles. The molecule has 1 saturated heterocycles. The van der Waals surface area contributed by atoms with Gasteiger partial charge < -0.3 is 9.32 Å². The lowest BCUT2D eigenvalue weighted by atomic mass is 10.1. The largest absolute Gasteiger partial charge is 0.425 e. The van der Waals surface area contributed by atoms with E-state index in [4.69, 9.17) is 4.42 Å². The van der Waals surface area contributed by atoms with Gasteiger partial charge in [0.1, 0.15) is 0 Å². The first-order valence-corrected chi connectivity index (χ1v) is 7.76. The molecule has 116 valence electrons. The first-order chi connectivity index (χ1) is 11.4. The monoisotopic (exact) mass is 307 g/mol. The molecule has 6 nitrogen and oxygen atoms in total. The molecule has 0 N–H and O–H groups in total. The van der Waals surface area contributed by atoms with E-state index in [1.54, 1.807) is 12.4 Å². The van der Waals surface area contributed by atoms with Crippen molar-refractivity contribution in [2.24, 2.45) is 0 Å². The highest BCUT2D eigenvalue weighted by molar-refractivity contribution is 5.31. The molecule has 6 heteroatoms. The van der Waals surface area contributed by atoms with Gasteiger partial charge in [-0.3, -0.25) is 0 Å². The van der Waals surface area contributed by atoms with E-state index in [0.29, 0.717) is 12.3 Å². The van der Waals surface area contributed by atoms with Crippen LogP contribution in [0.5, 0.6) is 0 Å². The van der Waals surface area contributed by atoms with Crippen molar-refractivity contribution in [2.45, 2.75) is 18.8 Å². The van der Waals surface area contributed by atoms with Crippen LogP contribution in [-0.4, -0.2) is 33.3 Å². The predicted octanol–water partition coefficient (Wildman–Crippen LogP) is 2.44. The Labute approximate surface area is 134 Å². The summed E-state index contributed by atoms with van der Waals surface area (Å²) in [6.45, 7) is 1.72. The Balaban J connectivity index is 1.44. The predicted molar refractivity (Wildman–Crippen MR) is 85.1 cm³/mol. The summed E-state index contributed by atoms with van der Waals surface area (Å²) in [5.74, 6) is 2.39. The van der Waals surface area contributed by atoms with E-state index >= 15 is 0 Å². The first kappa shape index (κ1) is 13.9. The quantitative estimate of drug-likeness (QED) is 0.737. The van der Waals surface area contributed by atoms with E-state index in [1.807, 2.05) is 24.3 Å². The van der Waals surface area contributed by atoms with Crippen molar-refractivity contribution in [2.75, 3.05) is 18.0 Å². The van der Waals surface area contributed by atoms with E-state index < -0.39 is 0 Å². The molecule has 1 aliphatic rings. The number of hydrogen-bond donors (Lipinski definition) is 0. The normalized spacial score (nSPS) is 17.6. The van der Waals surface area contributed by atoms with Crippen molar-refractivity contribution in [3.63, 3.8) is 0 Å². The zero-order valence-electron chi connectivity index (χ0n) is 12.7. The zero-order valence-corrected chi connectivity index (χ0v) is 12.7. The Morgan fingerprint density at radius 3 is 2.70 bits per heavy atom. The molecule has 0 spiro atoms. The highest BCUT2D eigenvalue weighted by atomic mass is 16.4. The Hall–Kier alpha value is -2.76. The fourth-order valence-electron chi connectivity index (χ4n) is 2.87. The molecule has 1 fully saturated rings. The highest BCUT2D eigenvalue weighted by Crippen LogP contribution is 2.28. The zero-order chi connectivity index (χ0) is 15.5. The lowest BCUT2D eigenvalue weighted by molar-refractivity contribution is 0.430. The van der Waals surface area contributed by atoms with Gasteiger partial charge in [0.05, 0.1) is 12.3 Å². The van der Waals surface area contributed by atoms with E-state index in [9.17, 15) is 0 Å². The summed E-state index contributed by atoms with van der Waals surface area (Å²) in [6, 6.07) is 12.0. The first-order valence-electron chi connectivity index (χ1n) is 7.76. The van der Waals surface area contributed by atoms with Crippen molar-refractivity contribution >= 4 is 5.95 Å². The molecule has 4 rings (SSSR count). The molecule has 0 amide bonds. The molecular weight excluding hydrogens is 290 g/mol. The van der Waals surface area contributed by atoms with E-state index in [2.05, 4.69) is 37.2 Å². The summed E-state index contributed by atoms with van der Waals surface area (Å²) in [5, 5.41) is 8.43. The van der Waals surface area contributed by atoms with Gasteiger partial charge in [0.2, 0.25) is 17.7 Å². The fraction of sp³-hybridized carbons (Fsp3) is 0.294. The van der Waals surface area contributed by atoms with Crippen LogP contribution < -0.4 is 4.90 Å². The molecule has 0 aliphatic carbocycles. The Kier molecular flexibility index (Phi) is 3.71. The minimum Gasteiger partial charge on any atom is -0.425 e. The van der Waals surface area contributed by atoms with Gasteiger partial charge >= 0.3 is 0 Å². The average Bonchev–Trinajstić information content (AvgIpc) is 3.26. The number of benzene rings is 1. The van der Waals surface area contributed by atoms with Crippen molar-refractivity contribution in [3.8, 4) is 0 Å². The standard InChI is InChI=1S/C17H17N5O/c1-2-5-13(6-3-1)11-15-20-21-16(23-15)14-7-10-22(12-14)17-18-8-4-9-19-17/h1-6,8-9,14H,7,10-12H2. The smallest absolute Gasteiger partial charge is 0.225 e. The Morgan fingerprint density at radius 1 is 1.04 bits per heavy atom. The van der Waals surface area contributed by atoms with Gasteiger partial charge in [0, 0.05) is 25.5 Å². The Bertz CT molecular complexity index is 759. The second-order valence-electron chi connectivity index (χ2n) is 5.68. The number of anilines is 1. The van der Waals surface area contributed by atoms with Crippen molar-refractivity contribution in [1.82, 2.24) is 20.2 Å². The van der Waals surface area contributed by atoms with Crippen LogP contribution in [0.3, 0.4) is 0 Å². The molecule has 1 atom stereocenters. The molecule has 0 saturated carbocycles. The van der Waals surface area contributed by atoms with Gasteiger partial charge in [-0.2, -0.15) is 0 Å². The molecule has 0 bridgehead atoms. The van der Waals surface area contributed by atoms with Crippen LogP contribution in [0.1, 0.15) is 29.7 Å². The lowest BCUT2D eigenvalue weighted by Gasteiger charge is -2.14. The maximum Gasteiger partial charge on any atom is 0.225 e. The van der Waals surface area contributed by atoms with Gasteiger partial charge in [-0.1, -0.05) is 30.3 Å². The summed E-state index contributed by atoms with van der Waals surface area (Å²) < 4.78 is 5.87. The van der Waals surface area contributed by atoms with E-state index in [-0.39, 0.29) is 5.92 Å². The summed E-state index contributed by atoms with van der Waals surface area (Å²) >= 11 is 0. The fourth-order valence-corrected chi connectivity index (χ4v) is 2.87. The van der Waals surface area contributed by atoms with Gasteiger partial charge in [-0.05, 0) is 18.1 Å². The summed E-state index contributed by atoms with van der Waals surface area (Å²) in [4.78, 5) is 10.8. The van der Waals surface area contributed by atoms with Gasteiger partial charge in [0.15, 0.2) is 0 Å². The van der Waals surface area contributed by atoms with Crippen LogP contribution in [0.25, 0.3) is 0 Å². The molecule has 23 heavy (non-hydrogen) atoms. The van der Waals surface area contributed by atoms with Crippen molar-refractivity contribution < 1.29 is 4.42 Å². The summed E-state index contributed by atoms with van der Waals surface area (Å²) in [7, 11) is 0. The van der Waals surface area contributed by atoms with Crippen LogP contribution in [0.4, 0.5) is 5.95 Å². The second-order valence-corrected chi connectivity index (χ2v) is 5.68. The van der Waals surface area contributed by atoms with Crippen molar-refractivity contribution in [1.29, 1.82) is 0 Å². The minimum atomic E-state index is 0.246. The number of aromatic nitrogens is 4. The molecule has 1 aromatic carbocycles. The van der Waals surface area contributed by atoms with Crippen LogP contribution in [0.2, 0.25) is 0 Å². The summed E-state index contributed by atoms with van der Waals surface area (Å²) in [6.07, 6.45) is 5.18. The van der Waals surface area contributed by atoms with Crippen molar-refractivity contribution in [3.05, 3.63) is 66.1 Å². The lowest BCUT2D eigenvalue weighted by Crippen LogP contribution is -2.21. The molecular formula is C17H17N5O. The van der Waals surface area contributed by atoms with E-state index in [0.717, 1.165) is 31.3 Å². The molecule has 0 radical (unpaired) electrons. The van der Waals surface area contributed by atoms with Crippen LogP contribution in [0, 0.1) is 0 Å². The third-order valence-corrected chi connectivity index (χ3v) is 4.05. The molecule has 1 aliphatic heterocycles. The Morgan fingerprint density at radius 2 is 1.87 bits per heavy atom. The summed E-state index contributed by atoms with van der Waals surface area (Å²) in [5.41, 5.74) is 1.17. The third kappa shape index (κ3) is 3.06. The molecule has 1 unspecified atom stereocenters. The topological polar surface area (TPSA) is 67.9 Å². The van der Waals surface area contributed by atoms with E-state index in [1.165, 1.54) is 5.56 Å². The SMILES string of the molecule is c1ccc(Cc2nnc(C3CCN(c4ncccn4)C3)o2)cc1. The number of hydrogen-bond acceptors (Lipinski definition) is 6. The number of rotatable bonds is 4. The maximum atomic E-state index is 5.87. The van der Waals surface area contributed by atoms with Gasteiger partial charge in [0.25, 0.3) is 0 Å². The minimum absolute atomic E-state index is 0.246. The van der Waals surface area contributed by atoms with Gasteiger partial charge in [-0.25, -0.2) is 9.97 Å². The molecule has 3 heterocycles. The van der Waals surface area contributed by atoms with Gasteiger partial charge in [-0.15, -0.1) is 10.2 Å². The maximum absolute atomic E-state index is 5.87. The second kappa shape index (κ2) is 6.16.